The maximum absolute atomic E-state index is 11.8. The maximum atomic E-state index is 11.8. The molecule has 1 amide bonds. The first-order valence-electron chi connectivity index (χ1n) is 6.41. The highest BCUT2D eigenvalue weighted by atomic mass is 16.5. The Hall–Kier alpha value is -1.55. The number of ether oxygens (including phenoxy) is 1. The molecule has 1 fully saturated rings. The van der Waals surface area contributed by atoms with Crippen molar-refractivity contribution in [3.05, 3.63) is 29.8 Å². The van der Waals surface area contributed by atoms with Crippen LogP contribution in [0.5, 0.6) is 5.75 Å². The molecule has 1 aromatic carbocycles. The summed E-state index contributed by atoms with van der Waals surface area (Å²) in [4.78, 5) is 11.8. The summed E-state index contributed by atoms with van der Waals surface area (Å²) in [6.45, 7) is 2.31. The molecule has 2 N–H and O–H groups in total. The zero-order valence-corrected chi connectivity index (χ0v) is 10.4. The fourth-order valence-electron chi connectivity index (χ4n) is 2.19. The van der Waals surface area contributed by atoms with Crippen LogP contribution in [0.2, 0.25) is 0 Å². The van der Waals surface area contributed by atoms with Crippen LogP contribution in [0.15, 0.2) is 24.3 Å². The monoisotopic (exact) mass is 249 g/mol. The van der Waals surface area contributed by atoms with E-state index in [-0.39, 0.29) is 11.7 Å². The molecule has 1 saturated heterocycles. The highest BCUT2D eigenvalue weighted by Crippen LogP contribution is 2.18. The summed E-state index contributed by atoms with van der Waals surface area (Å²) in [5, 5.41) is 12.4. The number of carbonyl (C=O) groups is 1. The van der Waals surface area contributed by atoms with Crippen molar-refractivity contribution in [3.63, 3.8) is 0 Å². The first kappa shape index (κ1) is 12.9. The van der Waals surface area contributed by atoms with Crippen LogP contribution in [0.1, 0.15) is 29.6 Å². The topological polar surface area (TPSA) is 58.6 Å². The van der Waals surface area contributed by atoms with E-state index in [2.05, 4.69) is 5.32 Å². The molecule has 2 rings (SSSR count). The van der Waals surface area contributed by atoms with Gasteiger partial charge in [-0.1, -0.05) is 12.1 Å². The van der Waals surface area contributed by atoms with Gasteiger partial charge in [0.1, 0.15) is 5.75 Å². The second kappa shape index (κ2) is 6.40. The first-order chi connectivity index (χ1) is 8.77. The number of phenolic OH excluding ortho intramolecular Hbond substituents is 1. The van der Waals surface area contributed by atoms with Gasteiger partial charge >= 0.3 is 0 Å². The average Bonchev–Trinajstić information content (AvgIpc) is 2.40. The highest BCUT2D eigenvalue weighted by Gasteiger charge is 2.14. The predicted molar refractivity (Wildman–Crippen MR) is 68.6 cm³/mol. The molecule has 18 heavy (non-hydrogen) atoms. The minimum Gasteiger partial charge on any atom is -0.507 e. The van der Waals surface area contributed by atoms with Gasteiger partial charge in [-0.25, -0.2) is 0 Å². The molecule has 0 unspecified atom stereocenters. The van der Waals surface area contributed by atoms with E-state index >= 15 is 0 Å². The standard InChI is InChI=1S/C14H19NO3/c16-13-4-2-1-3-12(13)14(17)15-8-5-11-6-9-18-10-7-11/h1-4,11,16H,5-10H2,(H,15,17). The van der Waals surface area contributed by atoms with Gasteiger partial charge in [0.15, 0.2) is 0 Å². The molecule has 0 aromatic heterocycles. The molecule has 1 heterocycles. The second-order valence-electron chi connectivity index (χ2n) is 4.62. The number of carbonyl (C=O) groups excluding carboxylic acids is 1. The van der Waals surface area contributed by atoms with Crippen LogP contribution in [0.4, 0.5) is 0 Å². The number of hydrogen-bond donors (Lipinski definition) is 2. The van der Waals surface area contributed by atoms with E-state index in [9.17, 15) is 9.90 Å². The number of benzene rings is 1. The Morgan fingerprint density at radius 3 is 2.78 bits per heavy atom. The molecular weight excluding hydrogens is 230 g/mol. The van der Waals surface area contributed by atoms with Crippen molar-refractivity contribution in [2.24, 2.45) is 5.92 Å². The van der Waals surface area contributed by atoms with Crippen molar-refractivity contribution in [2.75, 3.05) is 19.8 Å². The zero-order chi connectivity index (χ0) is 12.8. The molecule has 1 aromatic rings. The molecule has 0 bridgehead atoms. The SMILES string of the molecule is O=C(NCCC1CCOCC1)c1ccccc1O. The number of amides is 1. The van der Waals surface area contributed by atoms with Gasteiger partial charge in [0.2, 0.25) is 0 Å². The Bertz CT molecular complexity index is 400. The molecule has 4 nitrogen and oxygen atoms in total. The molecule has 0 atom stereocenters. The summed E-state index contributed by atoms with van der Waals surface area (Å²) in [6.07, 6.45) is 3.13. The molecule has 0 aliphatic carbocycles. The zero-order valence-electron chi connectivity index (χ0n) is 10.4. The van der Waals surface area contributed by atoms with E-state index in [1.165, 1.54) is 6.07 Å². The summed E-state index contributed by atoms with van der Waals surface area (Å²) < 4.78 is 5.29. The van der Waals surface area contributed by atoms with Gasteiger partial charge in [-0.2, -0.15) is 0 Å². The van der Waals surface area contributed by atoms with Crippen molar-refractivity contribution in [1.29, 1.82) is 0 Å². The van der Waals surface area contributed by atoms with Crippen LogP contribution in [0.25, 0.3) is 0 Å². The van der Waals surface area contributed by atoms with Crippen molar-refractivity contribution in [1.82, 2.24) is 5.32 Å². The lowest BCUT2D eigenvalue weighted by molar-refractivity contribution is 0.0636. The second-order valence-corrected chi connectivity index (χ2v) is 4.62. The molecule has 0 spiro atoms. The van der Waals surface area contributed by atoms with Crippen molar-refractivity contribution in [2.45, 2.75) is 19.3 Å². The fourth-order valence-corrected chi connectivity index (χ4v) is 2.19. The van der Waals surface area contributed by atoms with E-state index in [0.29, 0.717) is 18.0 Å². The molecule has 1 aliphatic heterocycles. The third-order valence-corrected chi connectivity index (χ3v) is 3.33. The van der Waals surface area contributed by atoms with Crippen LogP contribution >= 0.6 is 0 Å². The van der Waals surface area contributed by atoms with Crippen LogP contribution < -0.4 is 5.32 Å². The summed E-state index contributed by atoms with van der Waals surface area (Å²) in [5.41, 5.74) is 0.337. The number of rotatable bonds is 4. The van der Waals surface area contributed by atoms with Gasteiger partial charge in [-0.15, -0.1) is 0 Å². The number of nitrogens with one attached hydrogen (secondary N) is 1. The van der Waals surface area contributed by atoms with Gasteiger partial charge in [-0.05, 0) is 37.3 Å². The maximum Gasteiger partial charge on any atom is 0.255 e. The summed E-state index contributed by atoms with van der Waals surface area (Å²) in [5.74, 6) is 0.463. The first-order valence-corrected chi connectivity index (χ1v) is 6.41. The highest BCUT2D eigenvalue weighted by molar-refractivity contribution is 5.96. The van der Waals surface area contributed by atoms with E-state index in [1.807, 2.05) is 0 Å². The molecular formula is C14H19NO3. The van der Waals surface area contributed by atoms with Crippen molar-refractivity contribution < 1.29 is 14.6 Å². The molecule has 98 valence electrons. The normalized spacial score (nSPS) is 16.4. The predicted octanol–water partition coefficient (Wildman–Crippen LogP) is 1.94. The lowest BCUT2D eigenvalue weighted by Gasteiger charge is -2.21. The third-order valence-electron chi connectivity index (χ3n) is 3.33. The summed E-state index contributed by atoms with van der Waals surface area (Å²) in [7, 11) is 0. The molecule has 1 aliphatic rings. The van der Waals surface area contributed by atoms with Crippen molar-refractivity contribution in [3.8, 4) is 5.75 Å². The Balaban J connectivity index is 1.76. The van der Waals surface area contributed by atoms with Crippen LogP contribution in [-0.4, -0.2) is 30.8 Å². The Kier molecular flexibility index (Phi) is 4.59. The third kappa shape index (κ3) is 3.47. The molecule has 0 saturated carbocycles. The minimum absolute atomic E-state index is 0.0288. The fraction of sp³-hybridized carbons (Fsp3) is 0.500. The minimum atomic E-state index is -0.208. The van der Waals surface area contributed by atoms with Crippen LogP contribution in [0, 0.1) is 5.92 Å². The smallest absolute Gasteiger partial charge is 0.255 e. The van der Waals surface area contributed by atoms with Crippen molar-refractivity contribution >= 4 is 5.91 Å². The van der Waals surface area contributed by atoms with Gasteiger partial charge in [0.25, 0.3) is 5.91 Å². The van der Waals surface area contributed by atoms with Crippen LogP contribution in [-0.2, 0) is 4.74 Å². The van der Waals surface area contributed by atoms with Gasteiger partial charge in [-0.3, -0.25) is 4.79 Å². The van der Waals surface area contributed by atoms with E-state index in [1.54, 1.807) is 18.2 Å². The molecule has 4 heteroatoms. The van der Waals surface area contributed by atoms with Gasteiger partial charge < -0.3 is 15.2 Å². The van der Waals surface area contributed by atoms with E-state index in [4.69, 9.17) is 4.74 Å². The quantitative estimate of drug-likeness (QED) is 0.857. The number of aromatic hydroxyl groups is 1. The number of para-hydroxylation sites is 1. The Morgan fingerprint density at radius 1 is 1.33 bits per heavy atom. The average molecular weight is 249 g/mol. The van der Waals surface area contributed by atoms with Gasteiger partial charge in [0.05, 0.1) is 5.56 Å². The summed E-state index contributed by atoms with van der Waals surface area (Å²) in [6, 6.07) is 6.59. The largest absolute Gasteiger partial charge is 0.507 e. The Morgan fingerprint density at radius 2 is 2.06 bits per heavy atom. The van der Waals surface area contributed by atoms with E-state index < -0.39 is 0 Å². The van der Waals surface area contributed by atoms with Gasteiger partial charge in [0, 0.05) is 19.8 Å². The lowest BCUT2D eigenvalue weighted by atomic mass is 9.97. The van der Waals surface area contributed by atoms with Crippen LogP contribution in [0.3, 0.4) is 0 Å². The lowest BCUT2D eigenvalue weighted by Crippen LogP contribution is -2.27. The number of phenols is 1. The van der Waals surface area contributed by atoms with E-state index in [0.717, 1.165) is 32.5 Å². The molecule has 0 radical (unpaired) electrons. The Labute approximate surface area is 107 Å². The number of hydrogen-bond acceptors (Lipinski definition) is 3. The summed E-state index contributed by atoms with van der Waals surface area (Å²) >= 11 is 0.